The number of benzene rings is 1. The van der Waals surface area contributed by atoms with Crippen LogP contribution in [0.4, 0.5) is 8.78 Å². The zero-order chi connectivity index (χ0) is 13.2. The molecule has 0 bridgehead atoms. The van der Waals surface area contributed by atoms with Crippen LogP contribution in [0.5, 0.6) is 0 Å². The number of carbonyl (C=O) groups is 1. The van der Waals surface area contributed by atoms with Crippen LogP contribution >= 0.6 is 0 Å². The molecule has 18 heavy (non-hydrogen) atoms. The van der Waals surface area contributed by atoms with Crippen LogP contribution < -0.4 is 5.73 Å². The van der Waals surface area contributed by atoms with Gasteiger partial charge in [-0.2, -0.15) is 0 Å². The van der Waals surface area contributed by atoms with Gasteiger partial charge in [0.1, 0.15) is 17.4 Å². The fourth-order valence-corrected chi connectivity index (χ4v) is 2.69. The smallest absolute Gasteiger partial charge is 0.144 e. The van der Waals surface area contributed by atoms with E-state index in [0.29, 0.717) is 6.54 Å². The van der Waals surface area contributed by atoms with Gasteiger partial charge in [-0.05, 0) is 36.6 Å². The Hall–Kier alpha value is -1.29. The minimum atomic E-state index is -0.532. The number of hydrogen-bond donors (Lipinski definition) is 1. The van der Waals surface area contributed by atoms with Crippen LogP contribution in [0, 0.1) is 17.0 Å². The molecule has 1 saturated carbocycles. The van der Waals surface area contributed by atoms with Gasteiger partial charge in [0, 0.05) is 18.4 Å². The zero-order valence-corrected chi connectivity index (χ0v) is 10.2. The molecule has 1 aromatic rings. The lowest BCUT2D eigenvalue weighted by atomic mass is 9.79. The molecule has 1 aromatic carbocycles. The first-order valence-corrected chi connectivity index (χ1v) is 6.25. The molecule has 0 radical (unpaired) electrons. The van der Waals surface area contributed by atoms with Crippen molar-refractivity contribution < 1.29 is 13.6 Å². The van der Waals surface area contributed by atoms with E-state index < -0.39 is 17.0 Å². The average Bonchev–Trinajstić information content (AvgIpc) is 2.84. The first-order chi connectivity index (χ1) is 8.57. The van der Waals surface area contributed by atoms with Gasteiger partial charge >= 0.3 is 0 Å². The Labute approximate surface area is 105 Å². The van der Waals surface area contributed by atoms with E-state index in [0.717, 1.165) is 43.9 Å². The standard InChI is InChI=1S/C14H17F2NO/c15-11-3-4-12(16)10(7-11)8-13(18)14(9-17)5-1-2-6-14/h3-4,7H,1-2,5-6,8-9,17H2. The number of hydrogen-bond acceptors (Lipinski definition) is 2. The second kappa shape index (κ2) is 5.14. The lowest BCUT2D eigenvalue weighted by molar-refractivity contribution is -0.127. The van der Waals surface area contributed by atoms with E-state index in [-0.39, 0.29) is 17.8 Å². The van der Waals surface area contributed by atoms with Crippen LogP contribution in [-0.2, 0) is 11.2 Å². The highest BCUT2D eigenvalue weighted by Crippen LogP contribution is 2.38. The normalized spacial score (nSPS) is 17.9. The van der Waals surface area contributed by atoms with Gasteiger partial charge in [-0.3, -0.25) is 4.79 Å². The summed E-state index contributed by atoms with van der Waals surface area (Å²) in [5.41, 5.74) is 5.31. The molecule has 2 N–H and O–H groups in total. The van der Waals surface area contributed by atoms with Crippen LogP contribution in [-0.4, -0.2) is 12.3 Å². The number of nitrogens with two attached hydrogens (primary N) is 1. The van der Waals surface area contributed by atoms with Gasteiger partial charge in [0.05, 0.1) is 0 Å². The van der Waals surface area contributed by atoms with Crippen molar-refractivity contribution in [2.45, 2.75) is 32.1 Å². The SMILES string of the molecule is NCC1(C(=O)Cc2cc(F)ccc2F)CCCC1. The molecule has 0 aliphatic heterocycles. The second-order valence-electron chi connectivity index (χ2n) is 5.03. The molecule has 2 nitrogen and oxygen atoms in total. The Morgan fingerprint density at radius 3 is 2.56 bits per heavy atom. The zero-order valence-electron chi connectivity index (χ0n) is 10.2. The summed E-state index contributed by atoms with van der Waals surface area (Å²) in [6.45, 7) is 0.294. The summed E-state index contributed by atoms with van der Waals surface area (Å²) >= 11 is 0. The molecule has 0 unspecified atom stereocenters. The van der Waals surface area contributed by atoms with Gasteiger partial charge in [0.25, 0.3) is 0 Å². The summed E-state index contributed by atoms with van der Waals surface area (Å²) in [5.74, 6) is -1.12. The van der Waals surface area contributed by atoms with Crippen molar-refractivity contribution in [3.8, 4) is 0 Å². The number of rotatable bonds is 4. The summed E-state index contributed by atoms with van der Waals surface area (Å²) in [6.07, 6.45) is 3.42. The molecule has 0 aromatic heterocycles. The molecular formula is C14H17F2NO. The van der Waals surface area contributed by atoms with E-state index in [1.807, 2.05) is 0 Å². The van der Waals surface area contributed by atoms with Gasteiger partial charge in [0.15, 0.2) is 0 Å². The van der Waals surface area contributed by atoms with E-state index in [2.05, 4.69) is 0 Å². The summed E-state index contributed by atoms with van der Waals surface area (Å²) in [5, 5.41) is 0. The average molecular weight is 253 g/mol. The van der Waals surface area contributed by atoms with Gasteiger partial charge in [-0.15, -0.1) is 0 Å². The molecule has 0 atom stereocenters. The Balaban J connectivity index is 2.18. The third kappa shape index (κ3) is 2.43. The molecular weight excluding hydrogens is 236 g/mol. The summed E-state index contributed by atoms with van der Waals surface area (Å²) in [6, 6.07) is 3.20. The molecule has 4 heteroatoms. The maximum Gasteiger partial charge on any atom is 0.144 e. The molecule has 0 spiro atoms. The Morgan fingerprint density at radius 1 is 1.28 bits per heavy atom. The van der Waals surface area contributed by atoms with Gasteiger partial charge in [0.2, 0.25) is 0 Å². The maximum atomic E-state index is 13.5. The number of ketones is 1. The van der Waals surface area contributed by atoms with Crippen LogP contribution in [0.15, 0.2) is 18.2 Å². The van der Waals surface area contributed by atoms with Gasteiger partial charge in [-0.1, -0.05) is 12.8 Å². The fraction of sp³-hybridized carbons (Fsp3) is 0.500. The van der Waals surface area contributed by atoms with Crippen molar-refractivity contribution in [1.29, 1.82) is 0 Å². The van der Waals surface area contributed by atoms with E-state index in [1.54, 1.807) is 0 Å². The third-order valence-corrected chi connectivity index (χ3v) is 3.90. The third-order valence-electron chi connectivity index (χ3n) is 3.90. The molecule has 0 saturated heterocycles. The first kappa shape index (κ1) is 13.1. The van der Waals surface area contributed by atoms with Crippen molar-refractivity contribution in [2.75, 3.05) is 6.54 Å². The predicted octanol–water partition coefficient (Wildman–Crippen LogP) is 2.60. The van der Waals surface area contributed by atoms with E-state index >= 15 is 0 Å². The predicted molar refractivity (Wildman–Crippen MR) is 65.0 cm³/mol. The van der Waals surface area contributed by atoms with E-state index in [9.17, 15) is 13.6 Å². The lowest BCUT2D eigenvalue weighted by Gasteiger charge is -2.25. The molecule has 1 fully saturated rings. The minimum Gasteiger partial charge on any atom is -0.329 e. The van der Waals surface area contributed by atoms with E-state index in [4.69, 9.17) is 5.73 Å². The maximum absolute atomic E-state index is 13.5. The number of carbonyl (C=O) groups excluding carboxylic acids is 1. The van der Waals surface area contributed by atoms with Crippen LogP contribution in [0.25, 0.3) is 0 Å². The van der Waals surface area contributed by atoms with Gasteiger partial charge in [-0.25, -0.2) is 8.78 Å². The fourth-order valence-electron chi connectivity index (χ4n) is 2.69. The monoisotopic (exact) mass is 253 g/mol. The van der Waals surface area contributed by atoms with Crippen LogP contribution in [0.3, 0.4) is 0 Å². The topological polar surface area (TPSA) is 43.1 Å². The summed E-state index contributed by atoms with van der Waals surface area (Å²) in [4.78, 5) is 12.3. The lowest BCUT2D eigenvalue weighted by Crippen LogP contribution is -2.37. The molecule has 98 valence electrons. The molecule has 0 amide bonds. The Bertz CT molecular complexity index is 453. The molecule has 1 aliphatic rings. The van der Waals surface area contributed by atoms with Crippen molar-refractivity contribution in [2.24, 2.45) is 11.1 Å². The molecule has 2 rings (SSSR count). The highest BCUT2D eigenvalue weighted by atomic mass is 19.1. The largest absolute Gasteiger partial charge is 0.329 e. The number of halogens is 2. The first-order valence-electron chi connectivity index (χ1n) is 6.25. The van der Waals surface area contributed by atoms with Gasteiger partial charge < -0.3 is 5.73 Å². The van der Waals surface area contributed by atoms with Crippen molar-refractivity contribution in [3.63, 3.8) is 0 Å². The highest BCUT2D eigenvalue weighted by Gasteiger charge is 2.39. The quantitative estimate of drug-likeness (QED) is 0.896. The Kier molecular flexibility index (Phi) is 3.76. The highest BCUT2D eigenvalue weighted by molar-refractivity contribution is 5.87. The molecule has 1 aliphatic carbocycles. The minimum absolute atomic E-state index is 0.0630. The van der Waals surface area contributed by atoms with Crippen molar-refractivity contribution >= 4 is 5.78 Å². The second-order valence-corrected chi connectivity index (χ2v) is 5.03. The summed E-state index contributed by atoms with van der Waals surface area (Å²) < 4.78 is 26.5. The van der Waals surface area contributed by atoms with Crippen LogP contribution in [0.2, 0.25) is 0 Å². The Morgan fingerprint density at radius 2 is 1.94 bits per heavy atom. The number of Topliss-reactive ketones (excluding diaryl/α,β-unsaturated/α-hetero) is 1. The summed E-state index contributed by atoms with van der Waals surface area (Å²) in [7, 11) is 0. The van der Waals surface area contributed by atoms with Crippen molar-refractivity contribution in [1.82, 2.24) is 0 Å². The van der Waals surface area contributed by atoms with Crippen molar-refractivity contribution in [3.05, 3.63) is 35.4 Å². The van der Waals surface area contributed by atoms with E-state index in [1.165, 1.54) is 0 Å². The molecule has 0 heterocycles. The van der Waals surface area contributed by atoms with Crippen LogP contribution in [0.1, 0.15) is 31.2 Å².